The Labute approximate surface area is 314 Å². The average molecular weight is 707 g/mol. The molecule has 3 aromatic heterocycles. The summed E-state index contributed by atoms with van der Waals surface area (Å²) in [4.78, 5) is 15.3. The van der Waals surface area contributed by atoms with Crippen LogP contribution in [0, 0.1) is 22.7 Å². The topological polar surface area (TPSA) is 91.2 Å². The van der Waals surface area contributed by atoms with Crippen molar-refractivity contribution >= 4 is 53.3 Å². The second-order valence-electron chi connectivity index (χ2n) is 13.1. The van der Waals surface area contributed by atoms with Crippen LogP contribution in [0.25, 0.3) is 93.0 Å². The summed E-state index contributed by atoms with van der Waals surface area (Å²) in [6.07, 6.45) is 0. The van der Waals surface area contributed by atoms with Crippen molar-refractivity contribution in [3.63, 3.8) is 0 Å². The van der Waals surface area contributed by atoms with Crippen LogP contribution in [-0.4, -0.2) is 19.5 Å². The lowest BCUT2D eigenvalue weighted by Gasteiger charge is -2.16. The summed E-state index contributed by atoms with van der Waals surface area (Å²) in [6.45, 7) is 0. The maximum atomic E-state index is 9.98. The highest BCUT2D eigenvalue weighted by molar-refractivity contribution is 7.25. The summed E-state index contributed by atoms with van der Waals surface area (Å²) >= 11 is 1.79. The zero-order chi connectivity index (χ0) is 36.2. The monoisotopic (exact) mass is 706 g/mol. The Morgan fingerprint density at radius 2 is 0.944 bits per heavy atom. The third-order valence-corrected chi connectivity index (χ3v) is 11.0. The molecule has 0 saturated carbocycles. The number of nitriles is 2. The van der Waals surface area contributed by atoms with Gasteiger partial charge in [-0.2, -0.15) is 10.5 Å². The second kappa shape index (κ2) is 12.6. The first kappa shape index (κ1) is 31.3. The van der Waals surface area contributed by atoms with E-state index >= 15 is 0 Å². The molecule has 7 aromatic carbocycles. The van der Waals surface area contributed by atoms with Crippen LogP contribution in [0.2, 0.25) is 0 Å². The lowest BCUT2D eigenvalue weighted by atomic mass is 9.99. The van der Waals surface area contributed by atoms with Crippen molar-refractivity contribution in [1.29, 1.82) is 10.5 Å². The molecular formula is C47H26N6S. The van der Waals surface area contributed by atoms with Gasteiger partial charge in [0.25, 0.3) is 0 Å². The van der Waals surface area contributed by atoms with E-state index in [0.29, 0.717) is 28.6 Å². The Kier molecular flexibility index (Phi) is 7.33. The predicted molar refractivity (Wildman–Crippen MR) is 218 cm³/mol. The van der Waals surface area contributed by atoms with E-state index in [2.05, 4.69) is 77.4 Å². The van der Waals surface area contributed by atoms with Gasteiger partial charge in [0.2, 0.25) is 0 Å². The Bertz CT molecular complexity index is 3060. The SMILES string of the molecule is N#Cc1ccc2c3ccc(C#N)cc3n(-c3ccc(-c4ccc5c(c4)sc4ccccc45)cc3-c3nc(-c4ccccc4)nc(-c4ccccc4)n3)c2c1. The Hall–Kier alpha value is -7.45. The van der Waals surface area contributed by atoms with Crippen LogP contribution in [0.4, 0.5) is 0 Å². The highest BCUT2D eigenvalue weighted by Gasteiger charge is 2.21. The summed E-state index contributed by atoms with van der Waals surface area (Å²) in [5.74, 6) is 1.62. The molecule has 0 fully saturated rings. The lowest BCUT2D eigenvalue weighted by Crippen LogP contribution is -2.04. The Morgan fingerprint density at radius 3 is 1.57 bits per heavy atom. The fraction of sp³-hybridized carbons (Fsp3) is 0. The van der Waals surface area contributed by atoms with E-state index in [1.165, 1.54) is 20.2 Å². The molecule has 0 spiro atoms. The molecule has 10 rings (SSSR count). The first-order valence-electron chi connectivity index (χ1n) is 17.5. The molecule has 10 aromatic rings. The zero-order valence-electron chi connectivity index (χ0n) is 28.6. The van der Waals surface area contributed by atoms with Gasteiger partial charge >= 0.3 is 0 Å². The molecule has 6 nitrogen and oxygen atoms in total. The van der Waals surface area contributed by atoms with E-state index < -0.39 is 0 Å². The average Bonchev–Trinajstić information content (AvgIpc) is 3.78. The van der Waals surface area contributed by atoms with Crippen LogP contribution in [0.1, 0.15) is 11.1 Å². The molecule has 3 heterocycles. The van der Waals surface area contributed by atoms with Crippen LogP contribution in [0.3, 0.4) is 0 Å². The Balaban J connectivity index is 1.29. The van der Waals surface area contributed by atoms with Gasteiger partial charge in [-0.15, -0.1) is 11.3 Å². The van der Waals surface area contributed by atoms with E-state index in [4.69, 9.17) is 15.0 Å². The van der Waals surface area contributed by atoms with E-state index in [1.54, 1.807) is 11.3 Å². The van der Waals surface area contributed by atoms with Gasteiger partial charge in [0.05, 0.1) is 40.0 Å². The molecule has 0 unspecified atom stereocenters. The standard InChI is InChI=1S/C47H26N6S/c48-27-29-15-19-35-36-20-16-30(28-49)24-42(36)53(41(35)23-29)40-22-18-33(34-17-21-38-37-13-7-8-14-43(37)54-44(38)26-34)25-39(40)47-51-45(31-9-3-1-4-10-31)50-46(52-47)32-11-5-2-6-12-32/h1-26H. The molecule has 0 atom stereocenters. The molecule has 0 aliphatic rings. The van der Waals surface area contributed by atoms with E-state index in [-0.39, 0.29) is 0 Å². The van der Waals surface area contributed by atoms with Crippen molar-refractivity contribution in [1.82, 2.24) is 19.5 Å². The summed E-state index contributed by atoms with van der Waals surface area (Å²) in [5.41, 5.74) is 8.21. The van der Waals surface area contributed by atoms with Crippen molar-refractivity contribution in [3.8, 4) is 63.1 Å². The molecule has 0 aliphatic carbocycles. The number of aromatic nitrogens is 4. The van der Waals surface area contributed by atoms with E-state index in [1.807, 2.05) is 97.1 Å². The van der Waals surface area contributed by atoms with Gasteiger partial charge in [0.15, 0.2) is 17.5 Å². The fourth-order valence-corrected chi connectivity index (χ4v) is 8.49. The lowest BCUT2D eigenvalue weighted by molar-refractivity contribution is 1.06. The predicted octanol–water partition coefficient (Wildman–Crippen LogP) is 11.7. The van der Waals surface area contributed by atoms with Crippen molar-refractivity contribution in [3.05, 3.63) is 169 Å². The van der Waals surface area contributed by atoms with Gasteiger partial charge in [-0.25, -0.2) is 15.0 Å². The molecule has 0 saturated heterocycles. The van der Waals surface area contributed by atoms with Gasteiger partial charge in [-0.3, -0.25) is 0 Å². The largest absolute Gasteiger partial charge is 0.308 e. The molecule has 7 heteroatoms. The van der Waals surface area contributed by atoms with Crippen LogP contribution in [0.5, 0.6) is 0 Å². The molecule has 0 bridgehead atoms. The first-order valence-corrected chi connectivity index (χ1v) is 18.3. The summed E-state index contributed by atoms with van der Waals surface area (Å²) < 4.78 is 4.61. The van der Waals surface area contributed by atoms with Crippen LogP contribution < -0.4 is 0 Å². The van der Waals surface area contributed by atoms with Crippen molar-refractivity contribution < 1.29 is 0 Å². The molecular weight excluding hydrogens is 681 g/mol. The number of thiophene rings is 1. The second-order valence-corrected chi connectivity index (χ2v) is 14.2. The summed E-state index contributed by atoms with van der Waals surface area (Å²) in [6, 6.07) is 57.5. The minimum Gasteiger partial charge on any atom is -0.308 e. The van der Waals surface area contributed by atoms with Gasteiger partial charge in [0.1, 0.15) is 0 Å². The van der Waals surface area contributed by atoms with Crippen molar-refractivity contribution in [2.24, 2.45) is 0 Å². The molecule has 0 aliphatic heterocycles. The van der Waals surface area contributed by atoms with Crippen LogP contribution >= 0.6 is 11.3 Å². The van der Waals surface area contributed by atoms with Crippen LogP contribution in [0.15, 0.2) is 158 Å². The minimum atomic E-state index is 0.505. The molecule has 0 N–H and O–H groups in total. The molecule has 54 heavy (non-hydrogen) atoms. The Morgan fingerprint density at radius 1 is 0.426 bits per heavy atom. The van der Waals surface area contributed by atoms with Crippen LogP contribution in [-0.2, 0) is 0 Å². The number of rotatable bonds is 5. The van der Waals surface area contributed by atoms with E-state index in [0.717, 1.165) is 55.3 Å². The highest BCUT2D eigenvalue weighted by atomic mass is 32.1. The number of nitrogens with zero attached hydrogens (tertiary/aromatic N) is 6. The van der Waals surface area contributed by atoms with Gasteiger partial charge in [0, 0.05) is 47.6 Å². The highest BCUT2D eigenvalue weighted by Crippen LogP contribution is 2.41. The number of benzene rings is 7. The maximum absolute atomic E-state index is 9.98. The van der Waals surface area contributed by atoms with E-state index in [9.17, 15) is 10.5 Å². The molecule has 0 radical (unpaired) electrons. The normalized spacial score (nSPS) is 11.3. The fourth-order valence-electron chi connectivity index (χ4n) is 7.34. The number of hydrogen-bond acceptors (Lipinski definition) is 6. The van der Waals surface area contributed by atoms with Gasteiger partial charge in [-0.1, -0.05) is 109 Å². The first-order chi connectivity index (χ1) is 26.6. The van der Waals surface area contributed by atoms with Gasteiger partial charge in [-0.05, 0) is 59.7 Å². The zero-order valence-corrected chi connectivity index (χ0v) is 29.4. The quantitative estimate of drug-likeness (QED) is 0.178. The van der Waals surface area contributed by atoms with Crippen molar-refractivity contribution in [2.45, 2.75) is 0 Å². The third-order valence-electron chi connectivity index (χ3n) is 9.92. The third kappa shape index (κ3) is 5.19. The minimum absolute atomic E-state index is 0.505. The molecule has 250 valence electrons. The number of hydrogen-bond donors (Lipinski definition) is 0. The smallest absolute Gasteiger partial charge is 0.166 e. The van der Waals surface area contributed by atoms with Gasteiger partial charge < -0.3 is 4.57 Å². The number of fused-ring (bicyclic) bond motifs is 6. The van der Waals surface area contributed by atoms with Crippen molar-refractivity contribution in [2.75, 3.05) is 0 Å². The summed E-state index contributed by atoms with van der Waals surface area (Å²) in [7, 11) is 0. The molecule has 0 amide bonds. The summed E-state index contributed by atoms with van der Waals surface area (Å²) in [5, 5.41) is 24.4. The maximum Gasteiger partial charge on any atom is 0.166 e.